The normalized spacial score (nSPS) is 11.9. The smallest absolute Gasteiger partial charge is 0.252 e. The highest BCUT2D eigenvalue weighted by atomic mass is 79.9. The number of nitrogens with one attached hydrogen (secondary N) is 1. The Labute approximate surface area is 122 Å². The molecule has 0 aromatic carbocycles. The summed E-state index contributed by atoms with van der Waals surface area (Å²) >= 11 is 3.29. The summed E-state index contributed by atoms with van der Waals surface area (Å²) in [7, 11) is 0. The van der Waals surface area contributed by atoms with Gasteiger partial charge in [0.25, 0.3) is 6.43 Å². The minimum atomic E-state index is -2.75. The average Bonchev–Trinajstić information content (AvgIpc) is 2.38. The summed E-state index contributed by atoms with van der Waals surface area (Å²) in [5, 5.41) is 3.17. The Morgan fingerprint density at radius 3 is 2.75 bits per heavy atom. The number of pyridine rings is 2. The number of amides is 1. The highest BCUT2D eigenvalue weighted by Crippen LogP contribution is 2.26. The standard InChI is InChI=1S/C13H12BrF2N3O/c1-13(2,11(15)16)12(20)19-9-4-3-7-5-8(14)6-17-10(7)18-9/h3-6,11H,1-2H3,(H,17,18,19,20). The van der Waals surface area contributed by atoms with E-state index >= 15 is 0 Å². The van der Waals surface area contributed by atoms with Crippen molar-refractivity contribution in [3.8, 4) is 0 Å². The van der Waals surface area contributed by atoms with Crippen molar-refractivity contribution in [1.29, 1.82) is 0 Å². The largest absolute Gasteiger partial charge is 0.310 e. The molecule has 2 aromatic heterocycles. The summed E-state index contributed by atoms with van der Waals surface area (Å²) < 4.78 is 26.3. The van der Waals surface area contributed by atoms with Crippen molar-refractivity contribution in [1.82, 2.24) is 9.97 Å². The summed E-state index contributed by atoms with van der Waals surface area (Å²) in [5.74, 6) is -0.581. The molecule has 2 rings (SSSR count). The molecule has 106 valence electrons. The molecule has 2 aromatic rings. The van der Waals surface area contributed by atoms with Crippen molar-refractivity contribution in [2.45, 2.75) is 20.3 Å². The van der Waals surface area contributed by atoms with Gasteiger partial charge in [0.15, 0.2) is 5.65 Å². The fraction of sp³-hybridized carbons (Fsp3) is 0.308. The second kappa shape index (κ2) is 5.40. The van der Waals surface area contributed by atoms with E-state index in [-0.39, 0.29) is 5.82 Å². The van der Waals surface area contributed by atoms with Gasteiger partial charge in [0, 0.05) is 16.1 Å². The summed E-state index contributed by atoms with van der Waals surface area (Å²) in [6, 6.07) is 5.09. The van der Waals surface area contributed by atoms with Crippen LogP contribution in [0.2, 0.25) is 0 Å². The van der Waals surface area contributed by atoms with Crippen molar-refractivity contribution >= 4 is 38.7 Å². The van der Waals surface area contributed by atoms with E-state index in [0.717, 1.165) is 9.86 Å². The van der Waals surface area contributed by atoms with E-state index in [4.69, 9.17) is 0 Å². The fourth-order valence-corrected chi connectivity index (χ4v) is 1.78. The lowest BCUT2D eigenvalue weighted by Gasteiger charge is -2.21. The number of carbonyl (C=O) groups excluding carboxylic acids is 1. The lowest BCUT2D eigenvalue weighted by atomic mass is 9.93. The second-order valence-corrected chi connectivity index (χ2v) is 5.79. The van der Waals surface area contributed by atoms with E-state index in [1.54, 1.807) is 18.3 Å². The molecule has 1 N–H and O–H groups in total. The third-order valence-corrected chi connectivity index (χ3v) is 3.31. The number of aromatic nitrogens is 2. The lowest BCUT2D eigenvalue weighted by molar-refractivity contribution is -0.131. The first-order valence-electron chi connectivity index (χ1n) is 5.82. The fourth-order valence-electron chi connectivity index (χ4n) is 1.43. The maximum Gasteiger partial charge on any atom is 0.252 e. The van der Waals surface area contributed by atoms with Crippen LogP contribution in [0.25, 0.3) is 11.0 Å². The first-order chi connectivity index (χ1) is 9.30. The van der Waals surface area contributed by atoms with Crippen LogP contribution in [0.1, 0.15) is 13.8 Å². The molecule has 1 amide bonds. The molecule has 0 unspecified atom stereocenters. The van der Waals surface area contributed by atoms with E-state index in [1.165, 1.54) is 13.8 Å². The Morgan fingerprint density at radius 2 is 2.10 bits per heavy atom. The van der Waals surface area contributed by atoms with Crippen molar-refractivity contribution in [3.63, 3.8) is 0 Å². The molecule has 4 nitrogen and oxygen atoms in total. The van der Waals surface area contributed by atoms with Crippen LogP contribution in [0.5, 0.6) is 0 Å². The monoisotopic (exact) mass is 343 g/mol. The Morgan fingerprint density at radius 1 is 1.40 bits per heavy atom. The zero-order chi connectivity index (χ0) is 14.9. The quantitative estimate of drug-likeness (QED) is 0.925. The Balaban J connectivity index is 2.26. The number of hydrogen-bond acceptors (Lipinski definition) is 3. The Bertz CT molecular complexity index is 661. The Hall–Kier alpha value is -1.63. The van der Waals surface area contributed by atoms with Gasteiger partial charge < -0.3 is 5.32 Å². The summed E-state index contributed by atoms with van der Waals surface area (Å²) in [5.41, 5.74) is -1.34. The number of anilines is 1. The topological polar surface area (TPSA) is 54.9 Å². The van der Waals surface area contributed by atoms with Crippen LogP contribution in [-0.4, -0.2) is 22.3 Å². The molecule has 20 heavy (non-hydrogen) atoms. The van der Waals surface area contributed by atoms with Gasteiger partial charge in [-0.15, -0.1) is 0 Å². The van der Waals surface area contributed by atoms with Gasteiger partial charge in [-0.3, -0.25) is 4.79 Å². The van der Waals surface area contributed by atoms with Crippen molar-refractivity contribution in [3.05, 3.63) is 28.9 Å². The van der Waals surface area contributed by atoms with Crippen LogP contribution in [0.15, 0.2) is 28.9 Å². The lowest BCUT2D eigenvalue weighted by Crippen LogP contribution is -2.37. The molecule has 0 atom stereocenters. The van der Waals surface area contributed by atoms with Crippen molar-refractivity contribution in [2.24, 2.45) is 5.41 Å². The third kappa shape index (κ3) is 2.92. The van der Waals surface area contributed by atoms with Crippen LogP contribution in [-0.2, 0) is 4.79 Å². The molecule has 0 aliphatic rings. The Kier molecular flexibility index (Phi) is 3.99. The van der Waals surface area contributed by atoms with Crippen LogP contribution >= 0.6 is 15.9 Å². The van der Waals surface area contributed by atoms with Gasteiger partial charge in [-0.25, -0.2) is 18.7 Å². The number of halogens is 3. The number of nitrogens with zero attached hydrogens (tertiary/aromatic N) is 2. The molecule has 0 fully saturated rings. The first-order valence-corrected chi connectivity index (χ1v) is 6.62. The molecule has 0 bridgehead atoms. The number of rotatable bonds is 3. The van der Waals surface area contributed by atoms with Crippen molar-refractivity contribution in [2.75, 3.05) is 5.32 Å². The zero-order valence-corrected chi connectivity index (χ0v) is 12.4. The van der Waals surface area contributed by atoms with Crippen LogP contribution in [0.4, 0.5) is 14.6 Å². The van der Waals surface area contributed by atoms with Gasteiger partial charge in [0.05, 0.1) is 0 Å². The second-order valence-electron chi connectivity index (χ2n) is 4.87. The molecule has 7 heteroatoms. The van der Waals surface area contributed by atoms with E-state index in [0.29, 0.717) is 5.65 Å². The summed E-state index contributed by atoms with van der Waals surface area (Å²) in [4.78, 5) is 20.0. The molecule has 2 heterocycles. The van der Waals surface area contributed by atoms with Gasteiger partial charge in [-0.1, -0.05) is 0 Å². The van der Waals surface area contributed by atoms with Crippen LogP contribution in [0, 0.1) is 5.41 Å². The number of carbonyl (C=O) groups is 1. The molecule has 0 aliphatic carbocycles. The maximum atomic E-state index is 12.8. The summed E-state index contributed by atoms with van der Waals surface area (Å²) in [6.07, 6.45) is -1.18. The predicted octanol–water partition coefficient (Wildman–Crippen LogP) is 3.62. The number of fused-ring (bicyclic) bond motifs is 1. The molecule has 0 saturated carbocycles. The number of hydrogen-bond donors (Lipinski definition) is 1. The molecule has 0 radical (unpaired) electrons. The SMILES string of the molecule is CC(C)(C(=O)Nc1ccc2cc(Br)cnc2n1)C(F)F. The highest BCUT2D eigenvalue weighted by Gasteiger charge is 2.37. The van der Waals surface area contributed by atoms with Gasteiger partial charge in [-0.05, 0) is 48.0 Å². The molecule has 0 aliphatic heterocycles. The van der Waals surface area contributed by atoms with Crippen LogP contribution in [0.3, 0.4) is 0 Å². The first kappa shape index (κ1) is 14.8. The van der Waals surface area contributed by atoms with Gasteiger partial charge in [0.1, 0.15) is 11.2 Å². The molecular formula is C13H12BrF2N3O. The minimum absolute atomic E-state index is 0.200. The summed E-state index contributed by atoms with van der Waals surface area (Å²) in [6.45, 7) is 2.37. The number of alkyl halides is 2. The van der Waals surface area contributed by atoms with Gasteiger partial charge in [0.2, 0.25) is 5.91 Å². The van der Waals surface area contributed by atoms with Crippen molar-refractivity contribution < 1.29 is 13.6 Å². The van der Waals surface area contributed by atoms with E-state index in [2.05, 4.69) is 31.2 Å². The molecule has 0 saturated heterocycles. The molecular weight excluding hydrogens is 332 g/mol. The minimum Gasteiger partial charge on any atom is -0.310 e. The third-order valence-electron chi connectivity index (χ3n) is 2.88. The van der Waals surface area contributed by atoms with E-state index in [9.17, 15) is 13.6 Å². The zero-order valence-electron chi connectivity index (χ0n) is 10.8. The highest BCUT2D eigenvalue weighted by molar-refractivity contribution is 9.10. The van der Waals surface area contributed by atoms with Gasteiger partial charge in [-0.2, -0.15) is 0 Å². The van der Waals surface area contributed by atoms with Gasteiger partial charge >= 0.3 is 0 Å². The predicted molar refractivity (Wildman–Crippen MR) is 75.7 cm³/mol. The average molecular weight is 344 g/mol. The maximum absolute atomic E-state index is 12.8. The molecule has 0 spiro atoms. The van der Waals surface area contributed by atoms with E-state index < -0.39 is 17.7 Å². The van der Waals surface area contributed by atoms with Crippen LogP contribution < -0.4 is 5.32 Å². The van der Waals surface area contributed by atoms with E-state index in [1.807, 2.05) is 6.07 Å².